The van der Waals surface area contributed by atoms with Gasteiger partial charge in [-0.1, -0.05) is 158 Å². The largest absolute Gasteiger partial charge is 0.309 e. The van der Waals surface area contributed by atoms with Crippen molar-refractivity contribution in [3.8, 4) is 62.0 Å². The summed E-state index contributed by atoms with van der Waals surface area (Å²) in [6.07, 6.45) is 0. The zero-order valence-corrected chi connectivity index (χ0v) is 30.9. The molecule has 0 amide bonds. The minimum absolute atomic E-state index is 0.688. The number of nitrogens with zero attached hydrogens (tertiary/aromatic N) is 4. The van der Waals surface area contributed by atoms with E-state index in [9.17, 15) is 0 Å². The fraction of sp³-hybridized carbons (Fsp3) is 0. The molecule has 11 rings (SSSR count). The van der Waals surface area contributed by atoms with E-state index in [1.807, 2.05) is 24.3 Å². The zero-order chi connectivity index (χ0) is 37.7. The summed E-state index contributed by atoms with van der Waals surface area (Å²) in [5, 5.41) is 5.89. The minimum Gasteiger partial charge on any atom is -0.309 e. The molecule has 3 aromatic heterocycles. The summed E-state index contributed by atoms with van der Waals surface area (Å²) < 4.78 is 2.35. The van der Waals surface area contributed by atoms with Crippen LogP contribution in [0.3, 0.4) is 0 Å². The van der Waals surface area contributed by atoms with E-state index in [1.165, 1.54) is 21.8 Å². The van der Waals surface area contributed by atoms with Gasteiger partial charge < -0.3 is 4.57 Å². The number of hydrogen-bond donors (Lipinski definition) is 0. The Bertz CT molecular complexity index is 3230. The van der Waals surface area contributed by atoms with E-state index in [2.05, 4.69) is 187 Å². The molecule has 0 aliphatic rings. The number of benzene rings is 8. The number of hydrogen-bond acceptors (Lipinski definition) is 3. The number of fused-ring (bicyclic) bond motifs is 6. The first kappa shape index (κ1) is 32.7. The Hall–Kier alpha value is -7.69. The molecule has 4 nitrogen and oxygen atoms in total. The van der Waals surface area contributed by atoms with Crippen molar-refractivity contribution in [3.63, 3.8) is 0 Å². The van der Waals surface area contributed by atoms with Gasteiger partial charge in [0.1, 0.15) is 0 Å². The third-order valence-electron chi connectivity index (χ3n) is 11.0. The highest BCUT2D eigenvalue weighted by Crippen LogP contribution is 2.39. The van der Waals surface area contributed by atoms with Gasteiger partial charge in [-0.05, 0) is 70.4 Å². The summed E-state index contributed by atoms with van der Waals surface area (Å²) in [7, 11) is 0. The van der Waals surface area contributed by atoms with Gasteiger partial charge >= 0.3 is 0 Å². The van der Waals surface area contributed by atoms with Gasteiger partial charge in [0.2, 0.25) is 0 Å². The molecule has 57 heavy (non-hydrogen) atoms. The molecule has 11 aromatic rings. The normalized spacial score (nSPS) is 11.5. The first-order chi connectivity index (χ1) is 28.2. The maximum absolute atomic E-state index is 5.20. The molecule has 0 aliphatic heterocycles. The minimum atomic E-state index is 0.688. The highest BCUT2D eigenvalue weighted by molar-refractivity contribution is 6.14. The Kier molecular flexibility index (Phi) is 7.78. The number of rotatable bonds is 6. The SMILES string of the molecule is c1ccc(-c2cc(-c3ccccc3)c3c(ccc4cc(-c5cc(-c6cccc(-n7c8ccccc8c8ccccc87)c6)nc(-c6ccccc6)n5)ccc43)n2)cc1. The van der Waals surface area contributed by atoms with E-state index < -0.39 is 0 Å². The second-order valence-electron chi connectivity index (χ2n) is 14.4. The lowest BCUT2D eigenvalue weighted by Crippen LogP contribution is -1.98. The zero-order valence-electron chi connectivity index (χ0n) is 30.9. The Morgan fingerprint density at radius 1 is 0.333 bits per heavy atom. The third kappa shape index (κ3) is 5.74. The molecule has 0 atom stereocenters. The fourth-order valence-corrected chi connectivity index (χ4v) is 8.29. The van der Waals surface area contributed by atoms with Crippen LogP contribution in [0.25, 0.3) is 105 Å². The maximum atomic E-state index is 5.20. The summed E-state index contributed by atoms with van der Waals surface area (Å²) in [4.78, 5) is 15.6. The average molecular weight is 727 g/mol. The van der Waals surface area contributed by atoms with Crippen molar-refractivity contribution in [1.82, 2.24) is 19.5 Å². The molecular formula is C53H34N4. The lowest BCUT2D eigenvalue weighted by molar-refractivity contribution is 1.16. The molecule has 0 radical (unpaired) electrons. The molecule has 0 bridgehead atoms. The second kappa shape index (κ2) is 13.6. The van der Waals surface area contributed by atoms with Gasteiger partial charge in [-0.3, -0.25) is 0 Å². The fourth-order valence-electron chi connectivity index (χ4n) is 8.29. The van der Waals surface area contributed by atoms with Crippen LogP contribution in [0.4, 0.5) is 0 Å². The first-order valence-corrected chi connectivity index (χ1v) is 19.3. The summed E-state index contributed by atoms with van der Waals surface area (Å²) in [5.74, 6) is 0.688. The van der Waals surface area contributed by atoms with Crippen LogP contribution in [0.5, 0.6) is 0 Å². The second-order valence-corrected chi connectivity index (χ2v) is 14.4. The van der Waals surface area contributed by atoms with Crippen LogP contribution in [0.1, 0.15) is 0 Å². The first-order valence-electron chi connectivity index (χ1n) is 19.3. The van der Waals surface area contributed by atoms with Crippen LogP contribution in [-0.4, -0.2) is 19.5 Å². The maximum Gasteiger partial charge on any atom is 0.160 e. The number of aromatic nitrogens is 4. The third-order valence-corrected chi connectivity index (χ3v) is 11.0. The van der Waals surface area contributed by atoms with Crippen LogP contribution >= 0.6 is 0 Å². The lowest BCUT2D eigenvalue weighted by Gasteiger charge is -2.14. The van der Waals surface area contributed by atoms with Crippen LogP contribution in [0, 0.1) is 0 Å². The Labute approximate surface area is 330 Å². The van der Waals surface area contributed by atoms with E-state index in [-0.39, 0.29) is 0 Å². The Morgan fingerprint density at radius 3 is 1.58 bits per heavy atom. The molecule has 8 aromatic carbocycles. The summed E-state index contributed by atoms with van der Waals surface area (Å²) in [6.45, 7) is 0. The van der Waals surface area contributed by atoms with Crippen LogP contribution in [0.2, 0.25) is 0 Å². The summed E-state index contributed by atoms with van der Waals surface area (Å²) in [5.41, 5.74) is 13.5. The van der Waals surface area contributed by atoms with E-state index >= 15 is 0 Å². The molecule has 4 heteroatoms. The van der Waals surface area contributed by atoms with E-state index in [0.717, 1.165) is 77.8 Å². The van der Waals surface area contributed by atoms with Gasteiger partial charge in [-0.25, -0.2) is 15.0 Å². The molecule has 0 saturated carbocycles. The smallest absolute Gasteiger partial charge is 0.160 e. The van der Waals surface area contributed by atoms with Gasteiger partial charge in [-0.2, -0.15) is 0 Å². The van der Waals surface area contributed by atoms with Crippen LogP contribution < -0.4 is 0 Å². The van der Waals surface area contributed by atoms with Gasteiger partial charge in [0.25, 0.3) is 0 Å². The molecule has 0 unspecified atom stereocenters. The quantitative estimate of drug-likeness (QED) is 0.160. The van der Waals surface area contributed by atoms with E-state index in [0.29, 0.717) is 5.82 Å². The van der Waals surface area contributed by atoms with Crippen molar-refractivity contribution in [2.24, 2.45) is 0 Å². The molecule has 3 heterocycles. The standard InChI is InChI=1S/C53H34N4/c1-4-15-35(16-5-1)45-33-47(36-17-6-2-7-18-36)54-46-30-28-38-31-40(27-29-42(38)52(45)46)49-34-48(55-53(56-49)37-19-8-3-9-20-37)39-21-14-22-41(32-39)57-50-25-12-10-23-43(50)44-24-11-13-26-51(44)57/h1-34H. The molecular weight excluding hydrogens is 693 g/mol. The van der Waals surface area contributed by atoms with Gasteiger partial charge in [-0.15, -0.1) is 0 Å². The number of pyridine rings is 1. The Balaban J connectivity index is 1.08. The average Bonchev–Trinajstić information content (AvgIpc) is 3.63. The molecule has 266 valence electrons. The summed E-state index contributed by atoms with van der Waals surface area (Å²) in [6, 6.07) is 72.6. The van der Waals surface area contributed by atoms with Crippen LogP contribution in [-0.2, 0) is 0 Å². The van der Waals surface area contributed by atoms with Crippen molar-refractivity contribution in [2.45, 2.75) is 0 Å². The summed E-state index contributed by atoms with van der Waals surface area (Å²) >= 11 is 0. The van der Waals surface area contributed by atoms with Crippen molar-refractivity contribution in [2.75, 3.05) is 0 Å². The predicted molar refractivity (Wildman–Crippen MR) is 236 cm³/mol. The van der Waals surface area contributed by atoms with Crippen LogP contribution in [0.15, 0.2) is 206 Å². The monoisotopic (exact) mass is 726 g/mol. The van der Waals surface area contributed by atoms with Crippen molar-refractivity contribution < 1.29 is 0 Å². The molecule has 0 N–H and O–H groups in total. The van der Waals surface area contributed by atoms with E-state index in [4.69, 9.17) is 15.0 Å². The van der Waals surface area contributed by atoms with Crippen molar-refractivity contribution in [1.29, 1.82) is 0 Å². The molecule has 0 saturated heterocycles. The van der Waals surface area contributed by atoms with Gasteiger partial charge in [0.05, 0.1) is 33.6 Å². The molecule has 0 spiro atoms. The highest BCUT2D eigenvalue weighted by atomic mass is 15.0. The lowest BCUT2D eigenvalue weighted by atomic mass is 9.93. The van der Waals surface area contributed by atoms with Crippen molar-refractivity contribution in [3.05, 3.63) is 206 Å². The molecule has 0 aliphatic carbocycles. The number of para-hydroxylation sites is 2. The highest BCUT2D eigenvalue weighted by Gasteiger charge is 2.17. The van der Waals surface area contributed by atoms with E-state index in [1.54, 1.807) is 0 Å². The van der Waals surface area contributed by atoms with Gasteiger partial charge in [0.15, 0.2) is 5.82 Å². The van der Waals surface area contributed by atoms with Gasteiger partial charge in [0, 0.05) is 44.1 Å². The van der Waals surface area contributed by atoms with Crippen molar-refractivity contribution >= 4 is 43.5 Å². The topological polar surface area (TPSA) is 43.6 Å². The Morgan fingerprint density at radius 2 is 0.895 bits per heavy atom. The molecule has 0 fully saturated rings. The predicted octanol–water partition coefficient (Wildman–Crippen LogP) is 13.6.